The van der Waals surface area contributed by atoms with Gasteiger partial charge in [-0.05, 0) is 119 Å². The summed E-state index contributed by atoms with van der Waals surface area (Å²) in [6.45, 7) is 19.4. The Morgan fingerprint density at radius 2 is 0.779 bits per heavy atom. The molecule has 0 saturated heterocycles. The van der Waals surface area contributed by atoms with Gasteiger partial charge in [0.25, 0.3) is 11.6 Å². The minimum absolute atomic E-state index is 0.155. The summed E-state index contributed by atoms with van der Waals surface area (Å²) in [5, 5.41) is 5.39. The number of pyridine rings is 3. The fourth-order valence-electron chi connectivity index (χ4n) is 21.2. The Bertz CT molecular complexity index is 6320. The van der Waals surface area contributed by atoms with Gasteiger partial charge in [0.1, 0.15) is 39.0 Å². The van der Waals surface area contributed by atoms with E-state index in [2.05, 4.69) is 335 Å². The van der Waals surface area contributed by atoms with Crippen molar-refractivity contribution in [3.05, 3.63) is 304 Å². The Morgan fingerprint density at radius 3 is 1.39 bits per heavy atom. The molecule has 0 N–H and O–H groups in total. The molecule has 0 amide bonds. The number of nitrogens with zero attached hydrogens (tertiary/aromatic N) is 9. The molecule has 9 aromatic carbocycles. The molecule has 0 saturated carbocycles. The molecule has 448 valence electrons. The van der Waals surface area contributed by atoms with Crippen molar-refractivity contribution >= 4 is 77.7 Å². The molecule has 9 nitrogen and oxygen atoms in total. The number of rotatable bonds is 1. The zero-order valence-corrected chi connectivity index (χ0v) is 54.0. The Kier molecular flexibility index (Phi) is 8.17. The first-order chi connectivity index (χ1) is 46.2. The molecule has 10 aliphatic heterocycles. The molecule has 95 heavy (non-hydrogen) atoms. The normalized spacial score (nSPS) is 20.0. The molecule has 16 heterocycles. The Balaban J connectivity index is 0.000000118. The SMILES string of the molecule is CC1(C)c2ccccc2N2c3cccc4c3C3(c5c2c1cc1c2cccc6c2n(c51)-c1c(ccc[n+]13)C6(C)C)[n+]1cc(-c2ccccc2)cn1-4.CC1(C)c2ccccc2N2c3cccc4c3C3(c5c2c1cc1c2cccc6c2n(c51)-c1c(ccc[n+]13)C6(C)C)[n+]1ccccc1-4. The highest BCUT2D eigenvalue weighted by Gasteiger charge is 2.73. The van der Waals surface area contributed by atoms with Gasteiger partial charge in [-0.25, -0.2) is 0 Å². The fraction of sp³-hybridized carbons (Fsp3) is 0.163. The second kappa shape index (κ2) is 15.4. The highest BCUT2D eigenvalue weighted by molar-refractivity contribution is 6.18. The van der Waals surface area contributed by atoms with Crippen LogP contribution in [0.1, 0.15) is 122 Å². The van der Waals surface area contributed by atoms with Crippen LogP contribution in [0.15, 0.2) is 237 Å². The molecular weight excluding hydrogens is 1160 g/mol. The Labute approximate surface area is 548 Å². The molecule has 0 fully saturated rings. The summed E-state index contributed by atoms with van der Waals surface area (Å²) in [5.74, 6) is 2.57. The minimum atomic E-state index is -0.662. The second-order valence-electron chi connectivity index (χ2n) is 30.5. The van der Waals surface area contributed by atoms with E-state index >= 15 is 0 Å². The minimum Gasteiger partial charge on any atom is -0.308 e. The average molecular weight is 1220 g/mol. The van der Waals surface area contributed by atoms with Gasteiger partial charge >= 0.3 is 11.3 Å². The van der Waals surface area contributed by atoms with E-state index in [1.165, 1.54) is 184 Å². The van der Waals surface area contributed by atoms with Gasteiger partial charge in [-0.1, -0.05) is 163 Å². The smallest absolute Gasteiger partial charge is 0.308 e. The summed E-state index contributed by atoms with van der Waals surface area (Å²) in [6, 6.07) is 78.1. The van der Waals surface area contributed by atoms with Gasteiger partial charge in [0.05, 0.1) is 75.0 Å². The molecule has 2 unspecified atom stereocenters. The van der Waals surface area contributed by atoms with Crippen LogP contribution in [0.2, 0.25) is 0 Å². The van der Waals surface area contributed by atoms with E-state index in [4.69, 9.17) is 0 Å². The van der Waals surface area contributed by atoms with Crippen molar-refractivity contribution in [3.63, 3.8) is 0 Å². The lowest BCUT2D eigenvalue weighted by molar-refractivity contribution is -0.993. The van der Waals surface area contributed by atoms with Crippen LogP contribution < -0.4 is 28.2 Å². The lowest BCUT2D eigenvalue weighted by Gasteiger charge is -2.48. The second-order valence-corrected chi connectivity index (χ2v) is 30.5. The molecule has 15 aromatic rings. The number of para-hydroxylation sites is 4. The zero-order valence-electron chi connectivity index (χ0n) is 54.0. The van der Waals surface area contributed by atoms with Crippen LogP contribution in [-0.2, 0) is 33.0 Å². The topological polar surface area (TPSA) is 36.8 Å². The van der Waals surface area contributed by atoms with Crippen LogP contribution in [0.4, 0.5) is 34.1 Å². The van der Waals surface area contributed by atoms with Crippen LogP contribution in [0.25, 0.3) is 83.3 Å². The molecule has 9 heteroatoms. The summed E-state index contributed by atoms with van der Waals surface area (Å²) in [4.78, 5) is 5.23. The summed E-state index contributed by atoms with van der Waals surface area (Å²) in [7, 11) is 0. The van der Waals surface area contributed by atoms with Crippen molar-refractivity contribution < 1.29 is 18.4 Å². The van der Waals surface area contributed by atoms with Gasteiger partial charge < -0.3 is 9.80 Å². The van der Waals surface area contributed by atoms with Gasteiger partial charge in [0, 0.05) is 66.5 Å². The largest absolute Gasteiger partial charge is 0.394 e. The predicted octanol–water partition coefficient (Wildman–Crippen LogP) is 16.8. The molecule has 0 bridgehead atoms. The van der Waals surface area contributed by atoms with Gasteiger partial charge in [-0.2, -0.15) is 18.3 Å². The number of anilines is 6. The van der Waals surface area contributed by atoms with E-state index in [9.17, 15) is 0 Å². The maximum atomic E-state index is 2.65. The lowest BCUT2D eigenvalue weighted by atomic mass is 9.68. The van der Waals surface area contributed by atoms with Crippen LogP contribution >= 0.6 is 0 Å². The summed E-state index contributed by atoms with van der Waals surface area (Å²) in [6.07, 6.45) is 11.8. The maximum Gasteiger partial charge on any atom is 0.394 e. The van der Waals surface area contributed by atoms with Crippen molar-refractivity contribution in [1.82, 2.24) is 13.8 Å². The van der Waals surface area contributed by atoms with Crippen LogP contribution in [0.3, 0.4) is 0 Å². The van der Waals surface area contributed by atoms with Crippen molar-refractivity contribution in [1.29, 1.82) is 0 Å². The van der Waals surface area contributed by atoms with Crippen molar-refractivity contribution in [3.8, 4) is 39.7 Å². The van der Waals surface area contributed by atoms with Gasteiger partial charge in [-0.15, -0.1) is 9.25 Å². The van der Waals surface area contributed by atoms with E-state index in [1.54, 1.807) is 0 Å². The third-order valence-electron chi connectivity index (χ3n) is 25.1. The molecule has 2 spiro atoms. The molecule has 2 atom stereocenters. The maximum absolute atomic E-state index is 2.65. The van der Waals surface area contributed by atoms with Gasteiger partial charge in [0.15, 0.2) is 17.2 Å². The molecule has 0 radical (unpaired) electrons. The van der Waals surface area contributed by atoms with Crippen LogP contribution in [0, 0.1) is 0 Å². The highest BCUT2D eigenvalue weighted by Crippen LogP contribution is 2.68. The number of aromatic nitrogens is 7. The fourth-order valence-corrected chi connectivity index (χ4v) is 21.2. The van der Waals surface area contributed by atoms with Crippen molar-refractivity contribution in [2.45, 2.75) is 88.4 Å². The number of fused-ring (bicyclic) bond motifs is 12. The first-order valence-corrected chi connectivity index (χ1v) is 33.9. The first kappa shape index (κ1) is 50.4. The summed E-state index contributed by atoms with van der Waals surface area (Å²) in [5.41, 5.74) is 33.9. The van der Waals surface area contributed by atoms with Crippen molar-refractivity contribution in [2.75, 3.05) is 9.80 Å². The van der Waals surface area contributed by atoms with Gasteiger partial charge in [0.2, 0.25) is 11.9 Å². The molecule has 0 aliphatic carbocycles. The van der Waals surface area contributed by atoms with Crippen molar-refractivity contribution in [2.24, 2.45) is 0 Å². The van der Waals surface area contributed by atoms with E-state index in [1.807, 2.05) is 0 Å². The number of benzene rings is 9. The number of hydrogen-bond donors (Lipinski definition) is 0. The van der Waals surface area contributed by atoms with E-state index in [0.717, 1.165) is 0 Å². The third-order valence-corrected chi connectivity index (χ3v) is 25.1. The molecular formula is C86H63N9+4. The molecule has 10 aliphatic rings. The van der Waals surface area contributed by atoms with Crippen LogP contribution in [0.5, 0.6) is 0 Å². The molecule has 25 rings (SSSR count). The molecule has 6 aromatic heterocycles. The third kappa shape index (κ3) is 4.98. The Hall–Kier alpha value is -11.2. The Morgan fingerprint density at radius 1 is 0.316 bits per heavy atom. The number of hydrogen-bond acceptors (Lipinski definition) is 2. The lowest BCUT2D eigenvalue weighted by Crippen LogP contribution is -2.77. The standard InChI is InChI=1S/C45H33N5.C41H30N4/c1-43(2)30-16-8-9-19-34(30)49-36-21-11-20-35-37(36)45(48-25-27(24-47(35)48)26-13-6-5-7-14-26)38-40-29(23-33(43)41(38)49)28-15-10-17-31-39(28)50(40)42-32(44(31,3)4)18-12-22-46(42)45;1-39(2)26-14-5-6-18-31(26)44-32-19-10-13-24-30-17-7-8-20-42(30)41(33(24)32)34-36-25(22-29(39)37(34)44)23-12-9-15-27-35(23)45(36)38-28(40(27,3)4)16-11-21-43(38)41/h5-25H,1-4H3;5-22H,1-4H3/q2*+2. The highest BCUT2D eigenvalue weighted by atomic mass is 15.5. The zero-order chi connectivity index (χ0) is 62.8. The quantitative estimate of drug-likeness (QED) is 0.154. The average Bonchev–Trinajstić information content (AvgIpc) is 1.52. The first-order valence-electron chi connectivity index (χ1n) is 33.9. The summed E-state index contributed by atoms with van der Waals surface area (Å²) < 4.78 is 18.2. The monoisotopic (exact) mass is 1220 g/mol. The summed E-state index contributed by atoms with van der Waals surface area (Å²) >= 11 is 0. The van der Waals surface area contributed by atoms with Crippen LogP contribution in [-0.4, -0.2) is 13.8 Å². The van der Waals surface area contributed by atoms with Gasteiger partial charge in [-0.3, -0.25) is 0 Å². The predicted molar refractivity (Wildman–Crippen MR) is 374 cm³/mol. The van der Waals surface area contributed by atoms with E-state index in [0.29, 0.717) is 0 Å². The van der Waals surface area contributed by atoms with E-state index in [-0.39, 0.29) is 21.7 Å². The van der Waals surface area contributed by atoms with E-state index < -0.39 is 11.3 Å².